The second kappa shape index (κ2) is 4.32. The molecule has 0 amide bonds. The minimum Gasteiger partial charge on any atom is -0.478 e. The van der Waals surface area contributed by atoms with Crippen LogP contribution in [0, 0.1) is 0 Å². The summed E-state index contributed by atoms with van der Waals surface area (Å²) in [7, 11) is 1.89. The predicted octanol–water partition coefficient (Wildman–Crippen LogP) is 0.794. The summed E-state index contributed by atoms with van der Waals surface area (Å²) in [5, 5.41) is 11.9. The molecule has 5 nitrogen and oxygen atoms in total. The molecule has 0 aromatic carbocycles. The van der Waals surface area contributed by atoms with E-state index in [0.717, 1.165) is 24.3 Å². The normalized spacial score (nSPS) is 10.8. The third-order valence-corrected chi connectivity index (χ3v) is 2.45. The first-order chi connectivity index (χ1) is 7.72. The second-order valence-electron chi connectivity index (χ2n) is 3.54. The summed E-state index contributed by atoms with van der Waals surface area (Å²) >= 11 is 0. The lowest BCUT2D eigenvalue weighted by atomic mass is 10.2. The Balaban J connectivity index is 2.38. The van der Waals surface area contributed by atoms with Crippen molar-refractivity contribution in [2.24, 2.45) is 0 Å². The topological polar surface area (TPSA) is 66.6 Å². The molecule has 2 N–H and O–H groups in total. The van der Waals surface area contributed by atoms with E-state index in [2.05, 4.69) is 10.3 Å². The number of rotatable bonds is 4. The summed E-state index contributed by atoms with van der Waals surface area (Å²) < 4.78 is 1.91. The number of nitrogens with one attached hydrogen (secondary N) is 1. The lowest BCUT2D eigenvalue weighted by molar-refractivity contribution is 0.0697. The molecule has 5 heteroatoms. The molecule has 0 spiro atoms. The first kappa shape index (κ1) is 10.6. The Morgan fingerprint density at radius 1 is 1.62 bits per heavy atom. The first-order valence-corrected chi connectivity index (χ1v) is 5.06. The molecule has 0 aliphatic carbocycles. The smallest absolute Gasteiger partial charge is 0.335 e. The Labute approximate surface area is 92.7 Å². The van der Waals surface area contributed by atoms with E-state index >= 15 is 0 Å². The molecule has 0 radical (unpaired) electrons. The number of carboxylic acid groups (broad SMARTS) is 1. The molecule has 0 aliphatic heterocycles. The Morgan fingerprint density at radius 2 is 2.44 bits per heavy atom. The van der Waals surface area contributed by atoms with Crippen LogP contribution in [0.2, 0.25) is 0 Å². The van der Waals surface area contributed by atoms with Gasteiger partial charge in [0, 0.05) is 19.2 Å². The molecular weight excluding hydrogens is 206 g/mol. The number of fused-ring (bicyclic) bond motifs is 1. The Hall–Kier alpha value is -1.88. The van der Waals surface area contributed by atoms with Crippen LogP contribution in [-0.2, 0) is 6.42 Å². The van der Waals surface area contributed by atoms with Crippen LogP contribution in [0.15, 0.2) is 24.5 Å². The zero-order valence-electron chi connectivity index (χ0n) is 8.97. The van der Waals surface area contributed by atoms with Crippen LogP contribution < -0.4 is 5.32 Å². The number of hydrogen-bond donors (Lipinski definition) is 2. The minimum absolute atomic E-state index is 0.285. The maximum Gasteiger partial charge on any atom is 0.335 e. The van der Waals surface area contributed by atoms with Crippen molar-refractivity contribution >= 4 is 11.5 Å². The van der Waals surface area contributed by atoms with E-state index in [9.17, 15) is 4.79 Å². The van der Waals surface area contributed by atoms with Gasteiger partial charge in [0.2, 0.25) is 0 Å². The standard InChI is InChI=1S/C11H13N3O2/c1-12-4-2-10-13-7-9-6-8(11(15)16)3-5-14(9)10/h3,5-7,12H,2,4H2,1H3,(H,15,16). The van der Waals surface area contributed by atoms with Crippen LogP contribution in [0.25, 0.3) is 5.52 Å². The van der Waals surface area contributed by atoms with Crippen molar-refractivity contribution in [3.63, 3.8) is 0 Å². The van der Waals surface area contributed by atoms with Crippen LogP contribution in [0.5, 0.6) is 0 Å². The van der Waals surface area contributed by atoms with Gasteiger partial charge in [-0.1, -0.05) is 0 Å². The van der Waals surface area contributed by atoms with E-state index in [1.807, 2.05) is 11.4 Å². The zero-order chi connectivity index (χ0) is 11.5. The number of aromatic carboxylic acids is 1. The van der Waals surface area contributed by atoms with E-state index in [1.165, 1.54) is 0 Å². The van der Waals surface area contributed by atoms with Crippen molar-refractivity contribution in [2.75, 3.05) is 13.6 Å². The highest BCUT2D eigenvalue weighted by Crippen LogP contribution is 2.10. The van der Waals surface area contributed by atoms with Gasteiger partial charge in [0.15, 0.2) is 0 Å². The minimum atomic E-state index is -0.916. The van der Waals surface area contributed by atoms with Crippen LogP contribution in [0.1, 0.15) is 16.2 Å². The largest absolute Gasteiger partial charge is 0.478 e. The van der Waals surface area contributed by atoms with Gasteiger partial charge in [-0.05, 0) is 19.2 Å². The van der Waals surface area contributed by atoms with Crippen molar-refractivity contribution in [3.8, 4) is 0 Å². The van der Waals surface area contributed by atoms with Gasteiger partial charge in [-0.15, -0.1) is 0 Å². The highest BCUT2D eigenvalue weighted by Gasteiger charge is 2.07. The maximum absolute atomic E-state index is 10.8. The molecule has 84 valence electrons. The molecule has 2 rings (SSSR count). The predicted molar refractivity (Wildman–Crippen MR) is 59.8 cm³/mol. The van der Waals surface area contributed by atoms with Crippen molar-refractivity contribution in [1.29, 1.82) is 0 Å². The van der Waals surface area contributed by atoms with E-state index in [1.54, 1.807) is 24.5 Å². The van der Waals surface area contributed by atoms with Gasteiger partial charge in [-0.25, -0.2) is 9.78 Å². The average Bonchev–Trinajstić information content (AvgIpc) is 2.68. The van der Waals surface area contributed by atoms with Gasteiger partial charge in [-0.2, -0.15) is 0 Å². The lowest BCUT2D eigenvalue weighted by Gasteiger charge is -2.01. The van der Waals surface area contributed by atoms with Gasteiger partial charge in [-0.3, -0.25) is 0 Å². The van der Waals surface area contributed by atoms with E-state index in [0.29, 0.717) is 0 Å². The fourth-order valence-electron chi connectivity index (χ4n) is 1.61. The average molecular weight is 219 g/mol. The number of pyridine rings is 1. The molecule has 2 aromatic heterocycles. The van der Waals surface area contributed by atoms with Crippen molar-refractivity contribution in [3.05, 3.63) is 35.9 Å². The molecule has 0 unspecified atom stereocenters. The van der Waals surface area contributed by atoms with E-state index < -0.39 is 5.97 Å². The molecule has 2 aromatic rings. The molecule has 2 heterocycles. The molecule has 0 saturated carbocycles. The number of carboxylic acids is 1. The number of imidazole rings is 1. The van der Waals surface area contributed by atoms with Crippen LogP contribution in [0.4, 0.5) is 0 Å². The summed E-state index contributed by atoms with van der Waals surface area (Å²) in [5.74, 6) is 0.0155. The van der Waals surface area contributed by atoms with Crippen molar-refractivity contribution < 1.29 is 9.90 Å². The van der Waals surface area contributed by atoms with Gasteiger partial charge in [0.1, 0.15) is 5.82 Å². The summed E-state index contributed by atoms with van der Waals surface area (Å²) in [6.45, 7) is 0.847. The lowest BCUT2D eigenvalue weighted by Crippen LogP contribution is -2.12. The van der Waals surface area contributed by atoms with E-state index in [4.69, 9.17) is 5.11 Å². The molecule has 0 fully saturated rings. The van der Waals surface area contributed by atoms with Crippen molar-refractivity contribution in [2.45, 2.75) is 6.42 Å². The maximum atomic E-state index is 10.8. The number of likely N-dealkylation sites (N-methyl/N-ethyl adjacent to an activating group) is 1. The fraction of sp³-hybridized carbons (Fsp3) is 0.273. The summed E-state index contributed by atoms with van der Waals surface area (Å²) in [6, 6.07) is 3.21. The van der Waals surface area contributed by atoms with Gasteiger partial charge in [0.05, 0.1) is 17.3 Å². The Kier molecular flexibility index (Phi) is 2.87. The Morgan fingerprint density at radius 3 is 3.12 bits per heavy atom. The van der Waals surface area contributed by atoms with Gasteiger partial charge >= 0.3 is 5.97 Å². The summed E-state index contributed by atoms with van der Waals surface area (Å²) in [6.07, 6.45) is 4.26. The number of hydrogen-bond acceptors (Lipinski definition) is 3. The molecule has 0 bridgehead atoms. The van der Waals surface area contributed by atoms with Crippen LogP contribution >= 0.6 is 0 Å². The quantitative estimate of drug-likeness (QED) is 0.798. The number of carbonyl (C=O) groups is 1. The summed E-state index contributed by atoms with van der Waals surface area (Å²) in [5.41, 5.74) is 1.10. The summed E-state index contributed by atoms with van der Waals surface area (Å²) in [4.78, 5) is 15.0. The fourth-order valence-corrected chi connectivity index (χ4v) is 1.61. The van der Waals surface area contributed by atoms with Crippen LogP contribution in [0.3, 0.4) is 0 Å². The first-order valence-electron chi connectivity index (χ1n) is 5.06. The third-order valence-electron chi connectivity index (χ3n) is 2.45. The molecule has 0 atom stereocenters. The highest BCUT2D eigenvalue weighted by atomic mass is 16.4. The second-order valence-corrected chi connectivity index (χ2v) is 3.54. The van der Waals surface area contributed by atoms with Crippen LogP contribution in [-0.4, -0.2) is 34.1 Å². The highest BCUT2D eigenvalue weighted by molar-refractivity contribution is 5.88. The molecule has 0 aliphatic rings. The number of nitrogens with zero attached hydrogens (tertiary/aromatic N) is 2. The molecule has 0 saturated heterocycles. The third kappa shape index (κ3) is 1.90. The molecule has 16 heavy (non-hydrogen) atoms. The SMILES string of the molecule is CNCCc1ncc2cc(C(=O)O)ccn12. The van der Waals surface area contributed by atoms with Gasteiger partial charge in [0.25, 0.3) is 0 Å². The van der Waals surface area contributed by atoms with Gasteiger partial charge < -0.3 is 14.8 Å². The molecular formula is C11H13N3O2. The number of aromatic nitrogens is 2. The Bertz CT molecular complexity index is 519. The van der Waals surface area contributed by atoms with Crippen molar-refractivity contribution in [1.82, 2.24) is 14.7 Å². The zero-order valence-corrected chi connectivity index (χ0v) is 8.97. The van der Waals surface area contributed by atoms with E-state index in [-0.39, 0.29) is 5.56 Å². The monoisotopic (exact) mass is 219 g/mol.